The molecule has 1 atom stereocenters. The van der Waals surface area contributed by atoms with Crippen LogP contribution in [0.3, 0.4) is 0 Å². The molecule has 1 heterocycles. The molecule has 1 saturated heterocycles. The van der Waals surface area contributed by atoms with Gasteiger partial charge in [-0.15, -0.1) is 18.3 Å². The SMILES string of the molecule is C=CCNC(=O)C1(C)CCCS1. The van der Waals surface area contributed by atoms with E-state index in [2.05, 4.69) is 11.9 Å². The summed E-state index contributed by atoms with van der Waals surface area (Å²) in [5.41, 5.74) is 0. The minimum absolute atomic E-state index is 0.157. The highest BCUT2D eigenvalue weighted by Gasteiger charge is 2.36. The van der Waals surface area contributed by atoms with Crippen LogP contribution in [-0.4, -0.2) is 23.0 Å². The van der Waals surface area contributed by atoms with Crippen LogP contribution in [0.4, 0.5) is 0 Å². The lowest BCUT2D eigenvalue weighted by molar-refractivity contribution is -0.122. The van der Waals surface area contributed by atoms with Crippen molar-refractivity contribution in [2.45, 2.75) is 24.5 Å². The normalized spacial score (nSPS) is 28.4. The zero-order valence-electron chi connectivity index (χ0n) is 7.43. The standard InChI is InChI=1S/C9H15NOS/c1-3-6-10-8(11)9(2)5-4-7-12-9/h3H,1,4-7H2,2H3,(H,10,11). The summed E-state index contributed by atoms with van der Waals surface area (Å²) in [7, 11) is 0. The Hall–Kier alpha value is -0.440. The maximum atomic E-state index is 11.5. The first-order valence-electron chi connectivity index (χ1n) is 4.22. The van der Waals surface area contributed by atoms with E-state index >= 15 is 0 Å². The molecule has 0 saturated carbocycles. The van der Waals surface area contributed by atoms with Crippen molar-refractivity contribution >= 4 is 17.7 Å². The lowest BCUT2D eigenvalue weighted by Gasteiger charge is -2.20. The highest BCUT2D eigenvalue weighted by molar-refractivity contribution is 8.01. The summed E-state index contributed by atoms with van der Waals surface area (Å²) in [6.45, 7) is 6.16. The quantitative estimate of drug-likeness (QED) is 0.676. The Morgan fingerprint density at radius 2 is 2.58 bits per heavy atom. The summed E-state index contributed by atoms with van der Waals surface area (Å²) in [4.78, 5) is 11.5. The van der Waals surface area contributed by atoms with Crippen molar-refractivity contribution < 1.29 is 4.79 Å². The monoisotopic (exact) mass is 185 g/mol. The molecule has 0 aromatic rings. The summed E-state index contributed by atoms with van der Waals surface area (Å²) in [5.74, 6) is 1.27. The van der Waals surface area contributed by atoms with Gasteiger partial charge in [-0.05, 0) is 25.5 Å². The first-order valence-corrected chi connectivity index (χ1v) is 5.21. The predicted molar refractivity (Wildman–Crippen MR) is 53.3 cm³/mol. The second-order valence-corrected chi connectivity index (χ2v) is 4.78. The maximum absolute atomic E-state index is 11.5. The van der Waals surface area contributed by atoms with E-state index in [1.54, 1.807) is 17.8 Å². The van der Waals surface area contributed by atoms with E-state index < -0.39 is 0 Å². The van der Waals surface area contributed by atoms with Gasteiger partial charge in [-0.3, -0.25) is 4.79 Å². The van der Waals surface area contributed by atoms with Gasteiger partial charge in [-0.1, -0.05) is 6.08 Å². The third-order valence-corrected chi connectivity index (χ3v) is 3.63. The fourth-order valence-corrected chi connectivity index (χ4v) is 2.54. The van der Waals surface area contributed by atoms with Gasteiger partial charge in [0.25, 0.3) is 0 Å². The van der Waals surface area contributed by atoms with Crippen LogP contribution in [0.5, 0.6) is 0 Å². The maximum Gasteiger partial charge on any atom is 0.236 e. The molecule has 1 aliphatic rings. The Kier molecular flexibility index (Phi) is 3.20. The van der Waals surface area contributed by atoms with Gasteiger partial charge in [0.1, 0.15) is 0 Å². The predicted octanol–water partition coefficient (Wildman–Crippen LogP) is 1.57. The van der Waals surface area contributed by atoms with Crippen LogP contribution < -0.4 is 5.32 Å². The van der Waals surface area contributed by atoms with Gasteiger partial charge in [-0.25, -0.2) is 0 Å². The van der Waals surface area contributed by atoms with E-state index in [0.29, 0.717) is 6.54 Å². The molecule has 68 valence electrons. The molecule has 0 bridgehead atoms. The minimum atomic E-state index is -0.178. The van der Waals surface area contributed by atoms with Crippen LogP contribution >= 0.6 is 11.8 Å². The van der Waals surface area contributed by atoms with Gasteiger partial charge >= 0.3 is 0 Å². The van der Waals surface area contributed by atoms with Crippen molar-refractivity contribution in [3.8, 4) is 0 Å². The van der Waals surface area contributed by atoms with Crippen LogP contribution in [0.2, 0.25) is 0 Å². The first-order chi connectivity index (χ1) is 5.69. The number of carbonyl (C=O) groups is 1. The van der Waals surface area contributed by atoms with Gasteiger partial charge < -0.3 is 5.32 Å². The summed E-state index contributed by atoms with van der Waals surface area (Å²) < 4.78 is -0.178. The van der Waals surface area contributed by atoms with E-state index in [1.807, 2.05) is 6.92 Å². The number of hydrogen-bond donors (Lipinski definition) is 1. The summed E-state index contributed by atoms with van der Waals surface area (Å²) in [6.07, 6.45) is 3.87. The van der Waals surface area contributed by atoms with E-state index in [-0.39, 0.29) is 10.7 Å². The molecule has 0 spiro atoms. The molecule has 0 radical (unpaired) electrons. The molecular formula is C9H15NOS. The molecule has 1 N–H and O–H groups in total. The number of thioether (sulfide) groups is 1. The molecule has 1 fully saturated rings. The highest BCUT2D eigenvalue weighted by Crippen LogP contribution is 2.37. The van der Waals surface area contributed by atoms with Crippen molar-refractivity contribution in [3.63, 3.8) is 0 Å². The van der Waals surface area contributed by atoms with Gasteiger partial charge in [0.2, 0.25) is 5.91 Å². The van der Waals surface area contributed by atoms with Crippen molar-refractivity contribution in [2.24, 2.45) is 0 Å². The average molecular weight is 185 g/mol. The Morgan fingerprint density at radius 3 is 3.08 bits per heavy atom. The Bertz CT molecular complexity index is 185. The molecule has 1 rings (SSSR count). The molecular weight excluding hydrogens is 170 g/mol. The molecule has 1 aliphatic heterocycles. The molecule has 0 aromatic carbocycles. The number of hydrogen-bond acceptors (Lipinski definition) is 2. The largest absolute Gasteiger partial charge is 0.351 e. The van der Waals surface area contributed by atoms with Crippen LogP contribution in [0, 0.1) is 0 Å². The molecule has 1 unspecified atom stereocenters. The van der Waals surface area contributed by atoms with E-state index in [1.165, 1.54) is 0 Å². The topological polar surface area (TPSA) is 29.1 Å². The van der Waals surface area contributed by atoms with Gasteiger partial charge in [-0.2, -0.15) is 0 Å². The molecule has 3 heteroatoms. The smallest absolute Gasteiger partial charge is 0.236 e. The Morgan fingerprint density at radius 1 is 1.83 bits per heavy atom. The summed E-state index contributed by atoms with van der Waals surface area (Å²) >= 11 is 1.76. The molecule has 1 amide bonds. The molecule has 12 heavy (non-hydrogen) atoms. The second-order valence-electron chi connectivity index (χ2n) is 3.18. The first kappa shape index (κ1) is 9.65. The summed E-state index contributed by atoms with van der Waals surface area (Å²) in [5, 5.41) is 2.84. The van der Waals surface area contributed by atoms with Crippen molar-refractivity contribution in [1.29, 1.82) is 0 Å². The molecule has 2 nitrogen and oxygen atoms in total. The summed E-state index contributed by atoms with van der Waals surface area (Å²) in [6, 6.07) is 0. The number of carbonyl (C=O) groups excluding carboxylic acids is 1. The van der Waals surface area contributed by atoms with Crippen LogP contribution in [0.15, 0.2) is 12.7 Å². The molecule has 0 aliphatic carbocycles. The zero-order chi connectivity index (χ0) is 9.03. The fraction of sp³-hybridized carbons (Fsp3) is 0.667. The van der Waals surface area contributed by atoms with Crippen LogP contribution in [0.1, 0.15) is 19.8 Å². The third kappa shape index (κ3) is 2.03. The second kappa shape index (κ2) is 3.99. The van der Waals surface area contributed by atoms with E-state index in [4.69, 9.17) is 0 Å². The van der Waals surface area contributed by atoms with Crippen molar-refractivity contribution in [1.82, 2.24) is 5.32 Å². The van der Waals surface area contributed by atoms with E-state index in [0.717, 1.165) is 18.6 Å². The van der Waals surface area contributed by atoms with Gasteiger partial charge in [0.15, 0.2) is 0 Å². The number of amides is 1. The zero-order valence-corrected chi connectivity index (χ0v) is 8.25. The van der Waals surface area contributed by atoms with Crippen LogP contribution in [0.25, 0.3) is 0 Å². The minimum Gasteiger partial charge on any atom is -0.351 e. The Labute approximate surface area is 77.8 Å². The lowest BCUT2D eigenvalue weighted by Crippen LogP contribution is -2.40. The van der Waals surface area contributed by atoms with Crippen molar-refractivity contribution in [2.75, 3.05) is 12.3 Å². The Balaban J connectivity index is 2.44. The lowest BCUT2D eigenvalue weighted by atomic mass is 10.1. The van der Waals surface area contributed by atoms with Crippen LogP contribution in [-0.2, 0) is 4.79 Å². The average Bonchev–Trinajstić information content (AvgIpc) is 2.49. The fourth-order valence-electron chi connectivity index (χ4n) is 1.31. The molecule has 0 aromatic heterocycles. The van der Waals surface area contributed by atoms with Crippen molar-refractivity contribution in [3.05, 3.63) is 12.7 Å². The number of rotatable bonds is 3. The van der Waals surface area contributed by atoms with Gasteiger partial charge in [0, 0.05) is 6.54 Å². The number of nitrogens with one attached hydrogen (secondary N) is 1. The third-order valence-electron chi connectivity index (χ3n) is 2.11. The highest BCUT2D eigenvalue weighted by atomic mass is 32.2. The van der Waals surface area contributed by atoms with E-state index in [9.17, 15) is 4.79 Å². The van der Waals surface area contributed by atoms with Gasteiger partial charge in [0.05, 0.1) is 4.75 Å².